The number of carbonyl (C=O) groups excluding carboxylic acids is 1. The number of nitrogens with zero attached hydrogens (tertiary/aromatic N) is 1. The molecule has 0 aliphatic heterocycles. The largest absolute Gasteiger partial charge is 0.465 e. The summed E-state index contributed by atoms with van der Waals surface area (Å²) < 4.78 is 5.77. The quantitative estimate of drug-likeness (QED) is 0.863. The number of ether oxygens (including phenoxy) is 1. The van der Waals surface area contributed by atoms with Gasteiger partial charge in [-0.15, -0.1) is 11.3 Å². The number of carbonyl (C=O) groups is 1. The van der Waals surface area contributed by atoms with Crippen molar-refractivity contribution in [2.75, 3.05) is 12.4 Å². The van der Waals surface area contributed by atoms with E-state index in [0.717, 1.165) is 10.3 Å². The molecule has 6 heteroatoms. The zero-order chi connectivity index (χ0) is 13.8. The molecule has 4 nitrogen and oxygen atoms in total. The van der Waals surface area contributed by atoms with E-state index in [9.17, 15) is 4.79 Å². The Morgan fingerprint density at radius 3 is 2.89 bits per heavy atom. The fraction of sp³-hybridized carbons (Fsp3) is 0.231. The second-order valence-corrected chi connectivity index (χ2v) is 5.82. The number of anilines is 1. The van der Waals surface area contributed by atoms with Crippen LogP contribution in [0.5, 0.6) is 0 Å². The Morgan fingerprint density at radius 2 is 2.32 bits per heavy atom. The topological polar surface area (TPSA) is 51.2 Å². The number of methoxy groups -OCH3 is 1. The zero-order valence-corrected chi connectivity index (χ0v) is 13.0. The van der Waals surface area contributed by atoms with E-state index in [2.05, 4.69) is 37.0 Å². The molecule has 1 N–H and O–H groups in total. The standard InChI is InChI=1S/C13H13BrN2O2S/c1-8-11(13(17)18-2)3-4-12(16-8)15-6-10-5-9(14)7-19-10/h3-5,7H,6H2,1-2H3,(H,15,16). The van der Waals surface area contributed by atoms with Gasteiger partial charge in [0.25, 0.3) is 0 Å². The zero-order valence-electron chi connectivity index (χ0n) is 10.6. The summed E-state index contributed by atoms with van der Waals surface area (Å²) in [5.41, 5.74) is 1.15. The number of nitrogens with one attached hydrogen (secondary N) is 1. The molecule has 0 saturated heterocycles. The first-order valence-corrected chi connectivity index (χ1v) is 7.30. The third kappa shape index (κ3) is 3.54. The van der Waals surface area contributed by atoms with E-state index in [1.54, 1.807) is 30.4 Å². The van der Waals surface area contributed by atoms with Crippen LogP contribution in [0.25, 0.3) is 0 Å². The molecule has 0 aliphatic rings. The van der Waals surface area contributed by atoms with E-state index in [1.165, 1.54) is 12.0 Å². The smallest absolute Gasteiger partial charge is 0.339 e. The maximum absolute atomic E-state index is 11.4. The molecule has 0 atom stereocenters. The van der Waals surface area contributed by atoms with Crippen molar-refractivity contribution in [2.24, 2.45) is 0 Å². The minimum Gasteiger partial charge on any atom is -0.465 e. The summed E-state index contributed by atoms with van der Waals surface area (Å²) in [6, 6.07) is 5.57. The highest BCUT2D eigenvalue weighted by Crippen LogP contribution is 2.20. The van der Waals surface area contributed by atoms with Crippen LogP contribution in [0.2, 0.25) is 0 Å². The summed E-state index contributed by atoms with van der Waals surface area (Å²) in [4.78, 5) is 17.0. The van der Waals surface area contributed by atoms with Gasteiger partial charge in [0.15, 0.2) is 0 Å². The molecule has 2 aromatic heterocycles. The lowest BCUT2D eigenvalue weighted by atomic mass is 10.2. The Kier molecular flexibility index (Phi) is 4.55. The fourth-order valence-electron chi connectivity index (χ4n) is 1.61. The van der Waals surface area contributed by atoms with E-state index in [-0.39, 0.29) is 5.97 Å². The van der Waals surface area contributed by atoms with Crippen LogP contribution in [0.15, 0.2) is 28.1 Å². The fourth-order valence-corrected chi connectivity index (χ4v) is 3.00. The molecule has 100 valence electrons. The van der Waals surface area contributed by atoms with Crippen LogP contribution in [0, 0.1) is 6.92 Å². The molecule has 2 rings (SSSR count). The van der Waals surface area contributed by atoms with Gasteiger partial charge < -0.3 is 10.1 Å². The summed E-state index contributed by atoms with van der Waals surface area (Å²) in [6.45, 7) is 2.50. The van der Waals surface area contributed by atoms with Crippen LogP contribution in [0.3, 0.4) is 0 Å². The van der Waals surface area contributed by atoms with Crippen LogP contribution < -0.4 is 5.32 Å². The van der Waals surface area contributed by atoms with E-state index >= 15 is 0 Å². The Balaban J connectivity index is 2.06. The molecule has 19 heavy (non-hydrogen) atoms. The van der Waals surface area contributed by atoms with Crippen molar-refractivity contribution in [2.45, 2.75) is 13.5 Å². The number of halogens is 1. The number of rotatable bonds is 4. The van der Waals surface area contributed by atoms with Gasteiger partial charge in [0, 0.05) is 14.7 Å². The lowest BCUT2D eigenvalue weighted by Crippen LogP contribution is -2.07. The molecule has 0 saturated carbocycles. The van der Waals surface area contributed by atoms with Crippen LogP contribution in [0.1, 0.15) is 20.9 Å². The Labute approximate surface area is 124 Å². The molecule has 0 radical (unpaired) electrons. The average molecular weight is 341 g/mol. The van der Waals surface area contributed by atoms with Crippen LogP contribution >= 0.6 is 27.3 Å². The summed E-state index contributed by atoms with van der Waals surface area (Å²) >= 11 is 5.09. The molecular weight excluding hydrogens is 328 g/mol. The number of pyridine rings is 1. The first-order valence-electron chi connectivity index (χ1n) is 5.63. The monoisotopic (exact) mass is 340 g/mol. The number of hydrogen-bond acceptors (Lipinski definition) is 5. The van der Waals surface area contributed by atoms with Crippen LogP contribution in [0.4, 0.5) is 5.82 Å². The van der Waals surface area contributed by atoms with Gasteiger partial charge in [0.1, 0.15) is 5.82 Å². The highest BCUT2D eigenvalue weighted by Gasteiger charge is 2.10. The predicted molar refractivity (Wildman–Crippen MR) is 79.7 cm³/mol. The number of aromatic nitrogens is 1. The van der Waals surface area contributed by atoms with Crippen molar-refractivity contribution < 1.29 is 9.53 Å². The van der Waals surface area contributed by atoms with E-state index in [4.69, 9.17) is 0 Å². The minimum absolute atomic E-state index is 0.362. The third-order valence-electron chi connectivity index (χ3n) is 2.56. The summed E-state index contributed by atoms with van der Waals surface area (Å²) in [5.74, 6) is 0.383. The highest BCUT2D eigenvalue weighted by molar-refractivity contribution is 9.10. The van der Waals surface area contributed by atoms with Crippen molar-refractivity contribution in [3.05, 3.63) is 44.2 Å². The van der Waals surface area contributed by atoms with Gasteiger partial charge >= 0.3 is 5.97 Å². The van der Waals surface area contributed by atoms with E-state index in [0.29, 0.717) is 17.8 Å². The molecule has 0 fully saturated rings. The Morgan fingerprint density at radius 1 is 1.53 bits per heavy atom. The molecule has 0 aromatic carbocycles. The van der Waals surface area contributed by atoms with Crippen molar-refractivity contribution in [3.63, 3.8) is 0 Å². The molecule has 0 unspecified atom stereocenters. The normalized spacial score (nSPS) is 10.3. The van der Waals surface area contributed by atoms with Crippen molar-refractivity contribution >= 4 is 39.1 Å². The number of thiophene rings is 1. The van der Waals surface area contributed by atoms with Crippen molar-refractivity contribution in [3.8, 4) is 0 Å². The second kappa shape index (κ2) is 6.16. The lowest BCUT2D eigenvalue weighted by molar-refractivity contribution is 0.0599. The van der Waals surface area contributed by atoms with E-state index in [1.807, 2.05) is 5.38 Å². The maximum atomic E-state index is 11.4. The van der Waals surface area contributed by atoms with Crippen LogP contribution in [-0.2, 0) is 11.3 Å². The average Bonchev–Trinajstić information content (AvgIpc) is 2.81. The Bertz CT molecular complexity index is 598. The second-order valence-electron chi connectivity index (χ2n) is 3.91. The highest BCUT2D eigenvalue weighted by atomic mass is 79.9. The van der Waals surface area contributed by atoms with Gasteiger partial charge in [0.05, 0.1) is 24.9 Å². The van der Waals surface area contributed by atoms with Gasteiger partial charge in [-0.2, -0.15) is 0 Å². The van der Waals surface area contributed by atoms with E-state index < -0.39 is 0 Å². The molecule has 0 aliphatic carbocycles. The summed E-state index contributed by atoms with van der Waals surface area (Å²) in [7, 11) is 1.36. The van der Waals surface area contributed by atoms with Crippen molar-refractivity contribution in [1.29, 1.82) is 0 Å². The minimum atomic E-state index is -0.362. The van der Waals surface area contributed by atoms with Crippen molar-refractivity contribution in [1.82, 2.24) is 4.98 Å². The number of hydrogen-bond donors (Lipinski definition) is 1. The molecule has 0 spiro atoms. The number of esters is 1. The number of aryl methyl sites for hydroxylation is 1. The van der Waals surface area contributed by atoms with Gasteiger partial charge in [-0.25, -0.2) is 9.78 Å². The maximum Gasteiger partial charge on any atom is 0.339 e. The lowest BCUT2D eigenvalue weighted by Gasteiger charge is -2.07. The summed E-state index contributed by atoms with van der Waals surface area (Å²) in [5, 5.41) is 5.26. The third-order valence-corrected chi connectivity index (χ3v) is 4.25. The van der Waals surface area contributed by atoms with Crippen LogP contribution in [-0.4, -0.2) is 18.1 Å². The summed E-state index contributed by atoms with van der Waals surface area (Å²) in [6.07, 6.45) is 0. The molecular formula is C13H13BrN2O2S. The van der Waals surface area contributed by atoms with Gasteiger partial charge in [0.2, 0.25) is 0 Å². The van der Waals surface area contributed by atoms with Gasteiger partial charge in [-0.3, -0.25) is 0 Å². The first-order chi connectivity index (χ1) is 9.10. The van der Waals surface area contributed by atoms with Gasteiger partial charge in [-0.1, -0.05) is 0 Å². The molecule has 2 heterocycles. The predicted octanol–water partition coefficient (Wildman–Crippen LogP) is 3.61. The van der Waals surface area contributed by atoms with Gasteiger partial charge in [-0.05, 0) is 41.1 Å². The molecule has 0 bridgehead atoms. The molecule has 2 aromatic rings. The Hall–Kier alpha value is -1.40. The SMILES string of the molecule is COC(=O)c1ccc(NCc2cc(Br)cs2)nc1C. The molecule has 0 amide bonds. The first kappa shape index (κ1) is 14.0.